The fraction of sp³-hybridized carbons (Fsp3) is 0.647. The van der Waals surface area contributed by atoms with Crippen molar-refractivity contribution in [3.8, 4) is 5.75 Å². The topological polar surface area (TPSA) is 46.6 Å². The zero-order valence-electron chi connectivity index (χ0n) is 14.1. The van der Waals surface area contributed by atoms with Crippen LogP contribution in [0, 0.1) is 11.8 Å². The van der Waals surface area contributed by atoms with E-state index in [0.29, 0.717) is 42.3 Å². The Balaban J connectivity index is 2.23. The van der Waals surface area contributed by atoms with Gasteiger partial charge in [0.15, 0.2) is 0 Å². The molecule has 23 heavy (non-hydrogen) atoms. The molecule has 2 rings (SSSR count). The number of unbranched alkanes of at least 4 members (excludes halogenated alkanes) is 1. The van der Waals surface area contributed by atoms with Crippen LogP contribution in [0.25, 0.3) is 0 Å². The van der Waals surface area contributed by atoms with Crippen molar-refractivity contribution in [3.63, 3.8) is 0 Å². The maximum atomic E-state index is 12.9. The molecule has 0 amide bonds. The lowest BCUT2D eigenvalue weighted by Gasteiger charge is -2.34. The molecule has 1 aromatic rings. The molecule has 6 heteroatoms. The minimum Gasteiger partial charge on any atom is -0.492 e. The van der Waals surface area contributed by atoms with Crippen molar-refractivity contribution in [2.45, 2.75) is 44.9 Å². The van der Waals surface area contributed by atoms with Gasteiger partial charge in [0.25, 0.3) is 0 Å². The van der Waals surface area contributed by atoms with Gasteiger partial charge in [0.1, 0.15) is 5.75 Å². The summed E-state index contributed by atoms with van der Waals surface area (Å²) in [5.41, 5.74) is 0. The van der Waals surface area contributed by atoms with Crippen LogP contribution >= 0.6 is 11.6 Å². The average molecular weight is 360 g/mol. The summed E-state index contributed by atoms with van der Waals surface area (Å²) in [6.07, 6.45) is 2.99. The Kier molecular flexibility index (Phi) is 6.34. The van der Waals surface area contributed by atoms with E-state index in [1.54, 1.807) is 22.5 Å². The van der Waals surface area contributed by atoms with Gasteiger partial charge < -0.3 is 4.74 Å². The number of nitrogens with zero attached hydrogens (tertiary/aromatic N) is 1. The molecule has 130 valence electrons. The Labute approximate surface area is 144 Å². The SMILES string of the molecule is CCCCOc1cc(S(=O)(=O)N2C[C@H](C)C[C@@H](C)C2)ccc1Cl. The third-order valence-corrected chi connectivity index (χ3v) is 6.27. The van der Waals surface area contributed by atoms with Gasteiger partial charge in [0, 0.05) is 19.2 Å². The standard InChI is InChI=1S/C17H26ClNO3S/c1-4-5-8-22-17-10-15(6-7-16(17)18)23(20,21)19-11-13(2)9-14(3)12-19/h6-7,10,13-14H,4-5,8-9,11-12H2,1-3H3/t13-,14-/m1/s1. The van der Waals surface area contributed by atoms with E-state index in [2.05, 4.69) is 20.8 Å². The Hall–Kier alpha value is -0.780. The van der Waals surface area contributed by atoms with Crippen LogP contribution in [0.1, 0.15) is 40.0 Å². The fourth-order valence-electron chi connectivity index (χ4n) is 3.03. The van der Waals surface area contributed by atoms with Crippen molar-refractivity contribution in [1.82, 2.24) is 4.31 Å². The van der Waals surface area contributed by atoms with Crippen LogP contribution in [0.2, 0.25) is 5.02 Å². The van der Waals surface area contributed by atoms with Crippen LogP contribution in [0.15, 0.2) is 23.1 Å². The van der Waals surface area contributed by atoms with Crippen LogP contribution in [0.3, 0.4) is 0 Å². The summed E-state index contributed by atoms with van der Waals surface area (Å²) in [6.45, 7) is 7.95. The quantitative estimate of drug-likeness (QED) is 0.715. The van der Waals surface area contributed by atoms with Gasteiger partial charge in [-0.15, -0.1) is 0 Å². The lowest BCUT2D eigenvalue weighted by Crippen LogP contribution is -2.42. The molecule has 0 N–H and O–H groups in total. The van der Waals surface area contributed by atoms with Crippen LogP contribution < -0.4 is 4.74 Å². The molecule has 1 fully saturated rings. The normalized spacial score (nSPS) is 23.0. The largest absolute Gasteiger partial charge is 0.492 e. The number of rotatable bonds is 6. The van der Waals surface area contributed by atoms with E-state index in [4.69, 9.17) is 16.3 Å². The van der Waals surface area contributed by atoms with Crippen LogP contribution in [-0.2, 0) is 10.0 Å². The van der Waals surface area contributed by atoms with Gasteiger partial charge in [-0.1, -0.05) is 38.8 Å². The number of benzene rings is 1. The number of halogens is 1. The second kappa shape index (κ2) is 7.86. The molecule has 2 atom stereocenters. The van der Waals surface area contributed by atoms with Gasteiger partial charge in [-0.05, 0) is 36.8 Å². The maximum absolute atomic E-state index is 12.9. The lowest BCUT2D eigenvalue weighted by molar-refractivity contribution is 0.222. The van der Waals surface area contributed by atoms with Gasteiger partial charge in [-0.25, -0.2) is 8.42 Å². The molecule has 0 radical (unpaired) electrons. The second-order valence-electron chi connectivity index (χ2n) is 6.56. The molecule has 1 saturated heterocycles. The van der Waals surface area contributed by atoms with Crippen LogP contribution in [0.4, 0.5) is 0 Å². The molecule has 0 unspecified atom stereocenters. The number of piperidine rings is 1. The van der Waals surface area contributed by atoms with E-state index in [1.165, 1.54) is 0 Å². The highest BCUT2D eigenvalue weighted by atomic mass is 35.5. The zero-order chi connectivity index (χ0) is 17.0. The van der Waals surface area contributed by atoms with Crippen LogP contribution in [-0.4, -0.2) is 32.4 Å². The van der Waals surface area contributed by atoms with E-state index in [9.17, 15) is 8.42 Å². The summed E-state index contributed by atoms with van der Waals surface area (Å²) >= 11 is 6.12. The van der Waals surface area contributed by atoms with Gasteiger partial charge in [0.05, 0.1) is 16.5 Å². The first-order chi connectivity index (χ1) is 10.8. The van der Waals surface area contributed by atoms with Crippen molar-refractivity contribution < 1.29 is 13.2 Å². The van der Waals surface area contributed by atoms with E-state index < -0.39 is 10.0 Å². The first-order valence-corrected chi connectivity index (χ1v) is 10.1. The molecule has 1 aromatic carbocycles. The first kappa shape index (κ1) is 18.6. The number of hydrogen-bond acceptors (Lipinski definition) is 3. The van der Waals surface area contributed by atoms with Crippen LogP contribution in [0.5, 0.6) is 5.75 Å². The number of sulfonamides is 1. The zero-order valence-corrected chi connectivity index (χ0v) is 15.7. The highest BCUT2D eigenvalue weighted by Crippen LogP contribution is 2.31. The molecule has 1 aliphatic rings. The maximum Gasteiger partial charge on any atom is 0.243 e. The highest BCUT2D eigenvalue weighted by Gasteiger charge is 2.32. The Morgan fingerprint density at radius 1 is 1.26 bits per heavy atom. The predicted octanol–water partition coefficient (Wildman–Crippen LogP) is 4.19. The van der Waals surface area contributed by atoms with E-state index in [-0.39, 0.29) is 4.90 Å². The highest BCUT2D eigenvalue weighted by molar-refractivity contribution is 7.89. The Bertz CT molecular complexity index is 623. The Morgan fingerprint density at radius 2 is 1.91 bits per heavy atom. The molecule has 0 bridgehead atoms. The minimum atomic E-state index is -3.50. The first-order valence-electron chi connectivity index (χ1n) is 8.27. The second-order valence-corrected chi connectivity index (χ2v) is 8.91. The minimum absolute atomic E-state index is 0.259. The number of hydrogen-bond donors (Lipinski definition) is 0. The average Bonchev–Trinajstić information content (AvgIpc) is 2.48. The molecule has 0 aliphatic carbocycles. The third-order valence-electron chi connectivity index (χ3n) is 4.13. The predicted molar refractivity (Wildman–Crippen MR) is 93.6 cm³/mol. The van der Waals surface area contributed by atoms with Crippen molar-refractivity contribution in [2.24, 2.45) is 11.8 Å². The molecular weight excluding hydrogens is 334 g/mol. The molecule has 1 heterocycles. The summed E-state index contributed by atoms with van der Waals surface area (Å²) in [4.78, 5) is 0.259. The van der Waals surface area contributed by atoms with Crippen molar-refractivity contribution in [3.05, 3.63) is 23.2 Å². The summed E-state index contributed by atoms with van der Waals surface area (Å²) in [5, 5.41) is 0.445. The van der Waals surface area contributed by atoms with Gasteiger partial charge >= 0.3 is 0 Å². The summed E-state index contributed by atoms with van der Waals surface area (Å²) < 4.78 is 33.0. The van der Waals surface area contributed by atoms with Crippen molar-refractivity contribution >= 4 is 21.6 Å². The molecule has 4 nitrogen and oxygen atoms in total. The molecule has 1 aliphatic heterocycles. The lowest BCUT2D eigenvalue weighted by atomic mass is 9.94. The smallest absolute Gasteiger partial charge is 0.243 e. The summed E-state index contributed by atoms with van der Waals surface area (Å²) in [6, 6.07) is 4.72. The van der Waals surface area contributed by atoms with Crippen molar-refractivity contribution in [2.75, 3.05) is 19.7 Å². The fourth-order valence-corrected chi connectivity index (χ4v) is 4.90. The monoisotopic (exact) mass is 359 g/mol. The van der Waals surface area contributed by atoms with E-state index in [1.807, 2.05) is 0 Å². The van der Waals surface area contributed by atoms with Gasteiger partial charge in [-0.3, -0.25) is 0 Å². The third kappa shape index (κ3) is 4.61. The van der Waals surface area contributed by atoms with Gasteiger partial charge in [0.2, 0.25) is 10.0 Å². The summed E-state index contributed by atoms with van der Waals surface area (Å²) in [7, 11) is -3.50. The Morgan fingerprint density at radius 3 is 2.52 bits per heavy atom. The number of ether oxygens (including phenoxy) is 1. The van der Waals surface area contributed by atoms with Gasteiger partial charge in [-0.2, -0.15) is 4.31 Å². The van der Waals surface area contributed by atoms with Crippen molar-refractivity contribution in [1.29, 1.82) is 0 Å². The summed E-state index contributed by atoms with van der Waals surface area (Å²) in [5.74, 6) is 1.20. The molecule has 0 aromatic heterocycles. The van der Waals surface area contributed by atoms with E-state index >= 15 is 0 Å². The molecule has 0 saturated carbocycles. The van der Waals surface area contributed by atoms with E-state index in [0.717, 1.165) is 19.3 Å². The molecule has 0 spiro atoms. The molecular formula is C17H26ClNO3S.